The van der Waals surface area contributed by atoms with Crippen LogP contribution in [0.2, 0.25) is 0 Å². The van der Waals surface area contributed by atoms with Crippen molar-refractivity contribution in [2.24, 2.45) is 11.7 Å². The van der Waals surface area contributed by atoms with Crippen molar-refractivity contribution in [2.75, 3.05) is 26.3 Å². The summed E-state index contributed by atoms with van der Waals surface area (Å²) < 4.78 is 5.60. The number of hydrogen-bond acceptors (Lipinski definition) is 3. The third-order valence-corrected chi connectivity index (χ3v) is 3.53. The monoisotopic (exact) mass is 228 g/mol. The molecule has 0 amide bonds. The Morgan fingerprint density at radius 2 is 2.06 bits per heavy atom. The van der Waals surface area contributed by atoms with Gasteiger partial charge in [0.05, 0.1) is 12.1 Å². The van der Waals surface area contributed by atoms with Crippen molar-refractivity contribution in [2.45, 2.75) is 52.1 Å². The quantitative estimate of drug-likeness (QED) is 0.689. The summed E-state index contributed by atoms with van der Waals surface area (Å²) in [6.07, 6.45) is 2.77. The van der Waals surface area contributed by atoms with E-state index in [1.807, 2.05) is 6.92 Å². The fourth-order valence-corrected chi connectivity index (χ4v) is 2.21. The molecule has 1 saturated carbocycles. The largest absolute Gasteiger partial charge is 0.380 e. The van der Waals surface area contributed by atoms with Crippen LogP contribution in [0.3, 0.4) is 0 Å². The molecule has 0 heterocycles. The van der Waals surface area contributed by atoms with E-state index in [9.17, 15) is 0 Å². The average molecular weight is 228 g/mol. The van der Waals surface area contributed by atoms with Crippen molar-refractivity contribution in [1.29, 1.82) is 0 Å². The van der Waals surface area contributed by atoms with Crippen molar-refractivity contribution in [3.05, 3.63) is 0 Å². The number of ether oxygens (including phenoxy) is 1. The van der Waals surface area contributed by atoms with Gasteiger partial charge in [-0.05, 0) is 46.5 Å². The fraction of sp³-hybridized carbons (Fsp3) is 1.00. The van der Waals surface area contributed by atoms with E-state index in [0.717, 1.165) is 19.1 Å². The van der Waals surface area contributed by atoms with Gasteiger partial charge < -0.3 is 10.5 Å². The lowest BCUT2D eigenvalue weighted by atomic mass is 9.98. The summed E-state index contributed by atoms with van der Waals surface area (Å²) in [7, 11) is 0. The van der Waals surface area contributed by atoms with Gasteiger partial charge in [-0.3, -0.25) is 4.90 Å². The van der Waals surface area contributed by atoms with E-state index in [1.165, 1.54) is 19.4 Å². The molecule has 0 aliphatic heterocycles. The predicted molar refractivity (Wildman–Crippen MR) is 68.5 cm³/mol. The van der Waals surface area contributed by atoms with E-state index in [-0.39, 0.29) is 5.54 Å². The van der Waals surface area contributed by atoms with Gasteiger partial charge in [-0.15, -0.1) is 0 Å². The third-order valence-electron chi connectivity index (χ3n) is 3.53. The van der Waals surface area contributed by atoms with Crippen molar-refractivity contribution < 1.29 is 4.74 Å². The highest BCUT2D eigenvalue weighted by Crippen LogP contribution is 2.32. The lowest BCUT2D eigenvalue weighted by molar-refractivity contribution is -0.00883. The van der Waals surface area contributed by atoms with E-state index in [0.29, 0.717) is 12.6 Å². The van der Waals surface area contributed by atoms with E-state index in [4.69, 9.17) is 10.5 Å². The van der Waals surface area contributed by atoms with Crippen molar-refractivity contribution in [3.63, 3.8) is 0 Å². The van der Waals surface area contributed by atoms with Gasteiger partial charge in [0.2, 0.25) is 0 Å². The van der Waals surface area contributed by atoms with Gasteiger partial charge >= 0.3 is 0 Å². The molecule has 0 aromatic rings. The Kier molecular flexibility index (Phi) is 5.22. The van der Waals surface area contributed by atoms with Crippen LogP contribution in [0.4, 0.5) is 0 Å². The standard InChI is InChI=1S/C13H28N2O/c1-5-16-10-13(4,9-14)15(11(2)3)8-12-6-7-12/h11-12H,5-10,14H2,1-4H3. The normalized spacial score (nSPS) is 20.4. The lowest BCUT2D eigenvalue weighted by Gasteiger charge is -2.43. The Morgan fingerprint density at radius 1 is 1.44 bits per heavy atom. The van der Waals surface area contributed by atoms with Crippen molar-refractivity contribution >= 4 is 0 Å². The highest BCUT2D eigenvalue weighted by atomic mass is 16.5. The second kappa shape index (κ2) is 5.99. The number of nitrogens with two attached hydrogens (primary N) is 1. The van der Waals surface area contributed by atoms with Crippen molar-refractivity contribution in [1.82, 2.24) is 4.90 Å². The minimum Gasteiger partial charge on any atom is -0.380 e. The molecule has 1 fully saturated rings. The first-order chi connectivity index (χ1) is 7.53. The topological polar surface area (TPSA) is 38.5 Å². The van der Waals surface area contributed by atoms with Gasteiger partial charge in [-0.1, -0.05) is 0 Å². The summed E-state index contributed by atoms with van der Waals surface area (Å²) >= 11 is 0. The molecule has 3 nitrogen and oxygen atoms in total. The van der Waals surface area contributed by atoms with E-state index >= 15 is 0 Å². The number of hydrogen-bond donors (Lipinski definition) is 1. The molecule has 1 aliphatic rings. The van der Waals surface area contributed by atoms with E-state index < -0.39 is 0 Å². The molecule has 0 radical (unpaired) electrons. The molecule has 0 saturated heterocycles. The maximum Gasteiger partial charge on any atom is 0.0660 e. The van der Waals surface area contributed by atoms with E-state index in [2.05, 4.69) is 25.7 Å². The second-order valence-electron chi connectivity index (χ2n) is 5.53. The maximum absolute atomic E-state index is 5.96. The molecule has 1 rings (SSSR count). The summed E-state index contributed by atoms with van der Waals surface area (Å²) in [6, 6.07) is 0.537. The maximum atomic E-state index is 5.96. The third kappa shape index (κ3) is 3.72. The fourth-order valence-electron chi connectivity index (χ4n) is 2.21. The van der Waals surface area contributed by atoms with Gasteiger partial charge in [0.25, 0.3) is 0 Å². The molecule has 3 heteroatoms. The summed E-state index contributed by atoms with van der Waals surface area (Å²) in [4.78, 5) is 2.53. The summed E-state index contributed by atoms with van der Waals surface area (Å²) in [5.41, 5.74) is 5.95. The van der Waals surface area contributed by atoms with Gasteiger partial charge in [0, 0.05) is 25.7 Å². The first-order valence-corrected chi connectivity index (χ1v) is 6.58. The highest BCUT2D eigenvalue weighted by molar-refractivity contribution is 4.92. The van der Waals surface area contributed by atoms with Crippen LogP contribution in [-0.2, 0) is 4.74 Å². The van der Waals surface area contributed by atoms with Crippen LogP contribution in [0, 0.1) is 5.92 Å². The first-order valence-electron chi connectivity index (χ1n) is 6.58. The minimum absolute atomic E-state index is 0.00718. The van der Waals surface area contributed by atoms with Crippen molar-refractivity contribution in [3.8, 4) is 0 Å². The average Bonchev–Trinajstić information content (AvgIpc) is 3.06. The van der Waals surface area contributed by atoms with E-state index in [1.54, 1.807) is 0 Å². The summed E-state index contributed by atoms with van der Waals surface area (Å²) in [6.45, 7) is 12.1. The van der Waals surface area contributed by atoms with Crippen LogP contribution >= 0.6 is 0 Å². The van der Waals surface area contributed by atoms with Gasteiger partial charge in [0.1, 0.15) is 0 Å². The second-order valence-corrected chi connectivity index (χ2v) is 5.53. The number of rotatable bonds is 8. The Morgan fingerprint density at radius 3 is 2.44 bits per heavy atom. The smallest absolute Gasteiger partial charge is 0.0660 e. The molecule has 96 valence electrons. The Balaban J connectivity index is 2.61. The van der Waals surface area contributed by atoms with Crippen LogP contribution in [0.25, 0.3) is 0 Å². The van der Waals surface area contributed by atoms with Crippen LogP contribution in [-0.4, -0.2) is 42.8 Å². The van der Waals surface area contributed by atoms with Crippen LogP contribution in [0.1, 0.15) is 40.5 Å². The highest BCUT2D eigenvalue weighted by Gasteiger charge is 2.36. The zero-order valence-electron chi connectivity index (χ0n) is 11.3. The molecule has 16 heavy (non-hydrogen) atoms. The molecule has 1 unspecified atom stereocenters. The predicted octanol–water partition coefficient (Wildman–Crippen LogP) is 1.86. The molecule has 0 spiro atoms. The molecule has 1 atom stereocenters. The lowest BCUT2D eigenvalue weighted by Crippen LogP contribution is -2.58. The van der Waals surface area contributed by atoms with Gasteiger partial charge in [-0.25, -0.2) is 0 Å². The summed E-state index contributed by atoms with van der Waals surface area (Å²) in [5, 5.41) is 0. The van der Waals surface area contributed by atoms with Crippen LogP contribution in [0.15, 0.2) is 0 Å². The number of nitrogens with zero attached hydrogens (tertiary/aromatic N) is 1. The van der Waals surface area contributed by atoms with Crippen LogP contribution in [0.5, 0.6) is 0 Å². The zero-order valence-corrected chi connectivity index (χ0v) is 11.3. The Bertz CT molecular complexity index is 204. The molecule has 2 N–H and O–H groups in total. The first kappa shape index (κ1) is 13.9. The Labute approximate surface area is 100 Å². The molecule has 0 aromatic heterocycles. The van der Waals surface area contributed by atoms with Crippen LogP contribution < -0.4 is 5.73 Å². The molecular weight excluding hydrogens is 200 g/mol. The molecule has 1 aliphatic carbocycles. The Hall–Kier alpha value is -0.120. The molecule has 0 aromatic carbocycles. The summed E-state index contributed by atoms with van der Waals surface area (Å²) in [5.74, 6) is 0.898. The zero-order chi connectivity index (χ0) is 12.2. The molecule has 0 bridgehead atoms. The minimum atomic E-state index is -0.00718. The van der Waals surface area contributed by atoms with Gasteiger partial charge in [-0.2, -0.15) is 0 Å². The molecular formula is C13H28N2O. The SMILES string of the molecule is CCOCC(C)(CN)N(CC1CC1)C(C)C. The van der Waals surface area contributed by atoms with Gasteiger partial charge in [0.15, 0.2) is 0 Å².